The van der Waals surface area contributed by atoms with Crippen molar-refractivity contribution in [2.75, 3.05) is 5.32 Å². The molecule has 0 amide bonds. The number of nitrogens with zero attached hydrogens (tertiary/aromatic N) is 4. The molecule has 173 valence electrons. The first-order chi connectivity index (χ1) is 16.7. The Kier molecular flexibility index (Phi) is 5.53. The van der Waals surface area contributed by atoms with Crippen molar-refractivity contribution in [2.24, 2.45) is 0 Å². The predicted molar refractivity (Wildman–Crippen MR) is 134 cm³/mol. The van der Waals surface area contributed by atoms with Crippen LogP contribution in [0, 0.1) is 12.8 Å². The fourth-order valence-electron chi connectivity index (χ4n) is 5.14. The number of aryl methyl sites for hydroxylation is 1. The number of aliphatic hydroxyl groups is 1. The summed E-state index contributed by atoms with van der Waals surface area (Å²) in [4.78, 5) is 9.64. The molecule has 2 aliphatic rings. The average molecular weight is 453 g/mol. The smallest absolute Gasteiger partial charge is 0.254 e. The lowest BCUT2D eigenvalue weighted by molar-refractivity contribution is 0.126. The summed E-state index contributed by atoms with van der Waals surface area (Å²) >= 11 is 0. The molecule has 2 aliphatic carbocycles. The van der Waals surface area contributed by atoms with Gasteiger partial charge < -0.3 is 10.4 Å². The zero-order chi connectivity index (χ0) is 23.1. The number of anilines is 1. The van der Waals surface area contributed by atoms with E-state index < -0.39 is 0 Å². The van der Waals surface area contributed by atoms with Gasteiger partial charge in [-0.15, -0.1) is 5.10 Å². The number of aliphatic hydroxyl groups excluding tert-OH is 1. The molecule has 4 aromatic rings. The van der Waals surface area contributed by atoms with Crippen LogP contribution in [-0.4, -0.2) is 36.8 Å². The Labute approximate surface area is 200 Å². The van der Waals surface area contributed by atoms with Gasteiger partial charge in [-0.1, -0.05) is 61.0 Å². The Morgan fingerprint density at radius 1 is 0.853 bits per heavy atom. The van der Waals surface area contributed by atoms with E-state index in [9.17, 15) is 5.11 Å². The summed E-state index contributed by atoms with van der Waals surface area (Å²) < 4.78 is 1.85. The van der Waals surface area contributed by atoms with Crippen molar-refractivity contribution in [2.45, 2.75) is 64.0 Å². The fraction of sp³-hybridized carbons (Fsp3) is 0.357. The SMILES string of the molecule is Cc1nc2nc(-c3ccc([C]4CCC4)cc3)c(-c3ccccc3)c(NC3CCC(O)CC3)n2n1. The van der Waals surface area contributed by atoms with Gasteiger partial charge in [0.2, 0.25) is 0 Å². The molecule has 0 saturated heterocycles. The summed E-state index contributed by atoms with van der Waals surface area (Å²) in [6, 6.07) is 19.5. The first-order valence-corrected chi connectivity index (χ1v) is 12.4. The monoisotopic (exact) mass is 452 g/mol. The van der Waals surface area contributed by atoms with E-state index in [2.05, 4.69) is 58.8 Å². The van der Waals surface area contributed by atoms with Crippen molar-refractivity contribution in [3.8, 4) is 22.4 Å². The van der Waals surface area contributed by atoms with Crippen molar-refractivity contribution in [1.29, 1.82) is 0 Å². The molecule has 6 nitrogen and oxygen atoms in total. The van der Waals surface area contributed by atoms with Crippen LogP contribution in [0.15, 0.2) is 54.6 Å². The summed E-state index contributed by atoms with van der Waals surface area (Å²) in [5.74, 6) is 3.77. The van der Waals surface area contributed by atoms with Gasteiger partial charge in [-0.05, 0) is 56.6 Å². The van der Waals surface area contributed by atoms with E-state index in [1.165, 1.54) is 24.8 Å². The molecule has 2 saturated carbocycles. The summed E-state index contributed by atoms with van der Waals surface area (Å²) in [6.07, 6.45) is 7.01. The normalized spacial score (nSPS) is 20.9. The van der Waals surface area contributed by atoms with Gasteiger partial charge in [0.1, 0.15) is 11.6 Å². The maximum atomic E-state index is 10.0. The molecule has 0 unspecified atom stereocenters. The largest absolute Gasteiger partial charge is 0.393 e. The van der Waals surface area contributed by atoms with Gasteiger partial charge in [0.05, 0.1) is 17.4 Å². The zero-order valence-corrected chi connectivity index (χ0v) is 19.5. The second-order valence-corrected chi connectivity index (χ2v) is 9.61. The van der Waals surface area contributed by atoms with E-state index in [0.29, 0.717) is 11.6 Å². The number of rotatable bonds is 5. The van der Waals surface area contributed by atoms with Crippen LogP contribution in [0.5, 0.6) is 0 Å². The number of benzene rings is 2. The number of nitrogens with one attached hydrogen (secondary N) is 1. The van der Waals surface area contributed by atoms with Gasteiger partial charge in [-0.2, -0.15) is 9.50 Å². The van der Waals surface area contributed by atoms with Gasteiger partial charge >= 0.3 is 0 Å². The highest BCUT2D eigenvalue weighted by molar-refractivity contribution is 5.89. The van der Waals surface area contributed by atoms with Crippen molar-refractivity contribution in [3.05, 3.63) is 71.9 Å². The van der Waals surface area contributed by atoms with Crippen molar-refractivity contribution in [1.82, 2.24) is 19.6 Å². The highest BCUT2D eigenvalue weighted by atomic mass is 16.3. The molecule has 0 bridgehead atoms. The first kappa shape index (κ1) is 21.3. The van der Waals surface area contributed by atoms with Gasteiger partial charge in [-0.25, -0.2) is 4.98 Å². The average Bonchev–Trinajstić information content (AvgIpc) is 3.20. The van der Waals surface area contributed by atoms with Crippen molar-refractivity contribution in [3.63, 3.8) is 0 Å². The van der Waals surface area contributed by atoms with E-state index in [1.807, 2.05) is 17.5 Å². The minimum absolute atomic E-state index is 0.194. The van der Waals surface area contributed by atoms with E-state index in [0.717, 1.165) is 53.9 Å². The molecular weight excluding hydrogens is 422 g/mol. The quantitative estimate of drug-likeness (QED) is 0.413. The van der Waals surface area contributed by atoms with Gasteiger partial charge in [0.25, 0.3) is 5.78 Å². The molecule has 2 fully saturated rings. The summed E-state index contributed by atoms with van der Waals surface area (Å²) in [7, 11) is 0. The van der Waals surface area contributed by atoms with Gasteiger partial charge in [0, 0.05) is 17.5 Å². The van der Waals surface area contributed by atoms with Crippen LogP contribution in [-0.2, 0) is 0 Å². The third kappa shape index (κ3) is 3.96. The first-order valence-electron chi connectivity index (χ1n) is 12.4. The molecule has 0 spiro atoms. The van der Waals surface area contributed by atoms with Crippen LogP contribution in [0.1, 0.15) is 56.3 Å². The van der Waals surface area contributed by atoms with Crippen LogP contribution in [0.3, 0.4) is 0 Å². The molecule has 2 aromatic heterocycles. The number of hydrogen-bond acceptors (Lipinski definition) is 5. The summed E-state index contributed by atoms with van der Waals surface area (Å²) in [5.41, 5.74) is 5.46. The Bertz CT molecular complexity index is 1290. The number of hydrogen-bond donors (Lipinski definition) is 2. The lowest BCUT2D eigenvalue weighted by Crippen LogP contribution is -2.29. The predicted octanol–water partition coefficient (Wildman–Crippen LogP) is 5.59. The van der Waals surface area contributed by atoms with Gasteiger partial charge in [0.15, 0.2) is 0 Å². The molecule has 0 atom stereocenters. The van der Waals surface area contributed by atoms with Crippen LogP contribution in [0.2, 0.25) is 0 Å². The van der Waals surface area contributed by atoms with E-state index in [1.54, 1.807) is 5.92 Å². The van der Waals surface area contributed by atoms with Crippen LogP contribution < -0.4 is 5.32 Å². The van der Waals surface area contributed by atoms with Crippen LogP contribution >= 0.6 is 0 Å². The third-order valence-corrected chi connectivity index (χ3v) is 7.22. The highest BCUT2D eigenvalue weighted by Gasteiger charge is 2.26. The van der Waals surface area contributed by atoms with Crippen LogP contribution in [0.25, 0.3) is 28.2 Å². The third-order valence-electron chi connectivity index (χ3n) is 7.22. The number of fused-ring (bicyclic) bond motifs is 1. The van der Waals surface area contributed by atoms with Crippen molar-refractivity contribution < 1.29 is 5.11 Å². The topological polar surface area (TPSA) is 75.3 Å². The standard InChI is InChI=1S/C28H30N5O/c1-18-29-28-31-26(22-12-10-20(11-13-22)19-8-5-9-19)25(21-6-3-2-4-7-21)27(33(28)32-18)30-23-14-16-24(34)17-15-23/h2-4,6-7,10-13,23-24,30,34H,5,8-9,14-17H2,1H3. The molecule has 6 heteroatoms. The molecule has 2 heterocycles. The zero-order valence-electron chi connectivity index (χ0n) is 19.5. The summed E-state index contributed by atoms with van der Waals surface area (Å²) in [5, 5.41) is 18.5. The Hall–Kier alpha value is -3.25. The molecule has 0 aliphatic heterocycles. The maximum Gasteiger partial charge on any atom is 0.254 e. The van der Waals surface area contributed by atoms with E-state index >= 15 is 0 Å². The Morgan fingerprint density at radius 3 is 2.24 bits per heavy atom. The minimum atomic E-state index is -0.194. The fourth-order valence-corrected chi connectivity index (χ4v) is 5.14. The molecular formula is C28H30N5O. The summed E-state index contributed by atoms with van der Waals surface area (Å²) in [6.45, 7) is 1.90. The lowest BCUT2D eigenvalue weighted by Gasteiger charge is -2.28. The van der Waals surface area contributed by atoms with Gasteiger partial charge in [-0.3, -0.25) is 0 Å². The van der Waals surface area contributed by atoms with E-state index in [-0.39, 0.29) is 12.1 Å². The van der Waals surface area contributed by atoms with E-state index in [4.69, 9.17) is 10.1 Å². The number of aromatic nitrogens is 4. The van der Waals surface area contributed by atoms with Crippen molar-refractivity contribution >= 4 is 11.6 Å². The molecule has 1 radical (unpaired) electrons. The second kappa shape index (κ2) is 8.84. The Balaban J connectivity index is 1.52. The highest BCUT2D eigenvalue weighted by Crippen LogP contribution is 2.40. The van der Waals surface area contributed by atoms with Crippen LogP contribution in [0.4, 0.5) is 5.82 Å². The molecule has 34 heavy (non-hydrogen) atoms. The Morgan fingerprint density at radius 2 is 1.56 bits per heavy atom. The molecule has 2 aromatic carbocycles. The lowest BCUT2D eigenvalue weighted by atomic mass is 9.80. The molecule has 2 N–H and O–H groups in total. The molecule has 6 rings (SSSR count). The maximum absolute atomic E-state index is 10.0. The second-order valence-electron chi connectivity index (χ2n) is 9.61. The minimum Gasteiger partial charge on any atom is -0.393 e.